The number of thioether (sulfide) groups is 1. The molecule has 140 valence electrons. The number of hydrogen-bond acceptors (Lipinski definition) is 6. The molecular formula is C18H23ClN4OS2. The van der Waals surface area contributed by atoms with Crippen molar-refractivity contribution in [2.45, 2.75) is 42.8 Å². The van der Waals surface area contributed by atoms with Gasteiger partial charge < -0.3 is 5.32 Å². The summed E-state index contributed by atoms with van der Waals surface area (Å²) < 4.78 is 0.888. The van der Waals surface area contributed by atoms with Gasteiger partial charge in [0.1, 0.15) is 0 Å². The van der Waals surface area contributed by atoms with Gasteiger partial charge in [0.15, 0.2) is 4.34 Å². The fraction of sp³-hybridized carbons (Fsp3) is 0.500. The molecule has 0 saturated carbocycles. The first-order valence-corrected chi connectivity index (χ1v) is 10.9. The van der Waals surface area contributed by atoms with Crippen LogP contribution in [-0.2, 0) is 11.3 Å². The smallest absolute Gasteiger partial charge is 0.230 e. The van der Waals surface area contributed by atoms with Gasteiger partial charge in [-0.3, -0.25) is 9.69 Å². The van der Waals surface area contributed by atoms with Crippen LogP contribution < -0.4 is 5.32 Å². The summed E-state index contributed by atoms with van der Waals surface area (Å²) in [6.45, 7) is 6.73. The highest BCUT2D eigenvalue weighted by molar-refractivity contribution is 8.01. The summed E-state index contributed by atoms with van der Waals surface area (Å²) in [5, 5.41) is 13.0. The van der Waals surface area contributed by atoms with Gasteiger partial charge in [-0.05, 0) is 31.0 Å². The number of hydrogen-bond donors (Lipinski definition) is 1. The van der Waals surface area contributed by atoms with Crippen LogP contribution >= 0.6 is 34.7 Å². The number of nitrogens with one attached hydrogen (secondary N) is 1. The van der Waals surface area contributed by atoms with Crippen LogP contribution in [-0.4, -0.2) is 39.3 Å². The Bertz CT molecular complexity index is 752. The molecule has 8 heteroatoms. The summed E-state index contributed by atoms with van der Waals surface area (Å²) >= 11 is 9.36. The van der Waals surface area contributed by atoms with Crippen LogP contribution in [0.3, 0.4) is 0 Å². The predicted octanol–water partition coefficient (Wildman–Crippen LogP) is 4.54. The summed E-state index contributed by atoms with van der Waals surface area (Å²) in [4.78, 5) is 14.9. The first kappa shape index (κ1) is 19.6. The molecule has 1 saturated heterocycles. The quantitative estimate of drug-likeness (QED) is 0.559. The molecule has 1 aromatic heterocycles. The predicted molar refractivity (Wildman–Crippen MR) is 109 cm³/mol. The van der Waals surface area contributed by atoms with Crippen LogP contribution in [0, 0.1) is 5.92 Å². The standard InChI is InChI=1S/C18H23ClN4OS2/c1-12(2)25-18-22-21-17(26-18)20-16(24)14-7-5-9-23(11-14)10-13-6-3-4-8-15(13)19/h3-4,6,8,12,14H,5,7,9-11H2,1-2H3,(H,20,21,24). The van der Waals surface area contributed by atoms with Gasteiger partial charge >= 0.3 is 0 Å². The molecule has 0 aliphatic carbocycles. The second-order valence-corrected chi connectivity index (χ2v) is 9.90. The largest absolute Gasteiger partial charge is 0.300 e. The maximum absolute atomic E-state index is 12.6. The van der Waals surface area contributed by atoms with E-state index >= 15 is 0 Å². The van der Waals surface area contributed by atoms with Gasteiger partial charge in [-0.1, -0.05) is 66.7 Å². The van der Waals surface area contributed by atoms with Crippen molar-refractivity contribution in [2.75, 3.05) is 18.4 Å². The molecule has 0 radical (unpaired) electrons. The molecule has 1 unspecified atom stereocenters. The van der Waals surface area contributed by atoms with E-state index in [1.165, 1.54) is 11.3 Å². The van der Waals surface area contributed by atoms with E-state index in [9.17, 15) is 4.79 Å². The number of aromatic nitrogens is 2. The maximum Gasteiger partial charge on any atom is 0.230 e. The number of anilines is 1. The van der Waals surface area contributed by atoms with E-state index < -0.39 is 0 Å². The van der Waals surface area contributed by atoms with Crippen molar-refractivity contribution >= 4 is 45.7 Å². The Hall–Kier alpha value is -1.15. The average Bonchev–Trinajstić information content (AvgIpc) is 3.03. The van der Waals surface area contributed by atoms with Gasteiger partial charge in [-0.25, -0.2) is 0 Å². The van der Waals surface area contributed by atoms with Crippen molar-refractivity contribution in [3.05, 3.63) is 34.9 Å². The second kappa shape index (κ2) is 9.17. The molecule has 1 atom stereocenters. The minimum Gasteiger partial charge on any atom is -0.300 e. The highest BCUT2D eigenvalue weighted by Gasteiger charge is 2.27. The fourth-order valence-electron chi connectivity index (χ4n) is 3.00. The van der Waals surface area contributed by atoms with Crippen LogP contribution in [0.15, 0.2) is 28.6 Å². The number of amides is 1. The first-order chi connectivity index (χ1) is 12.5. The van der Waals surface area contributed by atoms with E-state index in [0.717, 1.165) is 47.4 Å². The minimum atomic E-state index is -0.0312. The van der Waals surface area contributed by atoms with E-state index in [2.05, 4.69) is 34.3 Å². The van der Waals surface area contributed by atoms with E-state index in [1.807, 2.05) is 24.3 Å². The highest BCUT2D eigenvalue weighted by atomic mass is 35.5. The minimum absolute atomic E-state index is 0.0312. The molecule has 1 aliphatic rings. The fourth-order valence-corrected chi connectivity index (χ4v) is 5.17. The van der Waals surface area contributed by atoms with Crippen LogP contribution in [0.2, 0.25) is 5.02 Å². The number of carbonyl (C=O) groups excluding carboxylic acids is 1. The number of benzene rings is 1. The average molecular weight is 411 g/mol. The maximum atomic E-state index is 12.6. The molecule has 1 aliphatic heterocycles. The third kappa shape index (κ3) is 5.42. The van der Waals surface area contributed by atoms with E-state index in [-0.39, 0.29) is 11.8 Å². The molecule has 1 amide bonds. The zero-order valence-corrected chi connectivity index (χ0v) is 17.3. The van der Waals surface area contributed by atoms with Crippen molar-refractivity contribution in [3.63, 3.8) is 0 Å². The molecule has 5 nitrogen and oxygen atoms in total. The molecule has 3 rings (SSSR count). The Morgan fingerprint density at radius 1 is 1.42 bits per heavy atom. The molecule has 2 aromatic rings. The third-order valence-electron chi connectivity index (χ3n) is 4.20. The Balaban J connectivity index is 1.56. The molecule has 1 fully saturated rings. The lowest BCUT2D eigenvalue weighted by Crippen LogP contribution is -2.40. The Morgan fingerprint density at radius 3 is 3.00 bits per heavy atom. The number of likely N-dealkylation sites (tertiary alicyclic amines) is 1. The van der Waals surface area contributed by atoms with Crippen molar-refractivity contribution in [3.8, 4) is 0 Å². The van der Waals surface area contributed by atoms with Gasteiger partial charge in [0.05, 0.1) is 5.92 Å². The molecule has 0 bridgehead atoms. The monoisotopic (exact) mass is 410 g/mol. The van der Waals surface area contributed by atoms with Crippen molar-refractivity contribution in [1.29, 1.82) is 0 Å². The van der Waals surface area contributed by atoms with Gasteiger partial charge in [0.25, 0.3) is 0 Å². The number of nitrogens with zero attached hydrogens (tertiary/aromatic N) is 3. The number of rotatable bonds is 6. The Morgan fingerprint density at radius 2 is 2.23 bits per heavy atom. The molecule has 26 heavy (non-hydrogen) atoms. The van der Waals surface area contributed by atoms with Crippen LogP contribution in [0.4, 0.5) is 5.13 Å². The summed E-state index contributed by atoms with van der Waals surface area (Å²) in [5.74, 6) is 0.00226. The molecule has 1 aromatic carbocycles. The van der Waals surface area contributed by atoms with Gasteiger partial charge in [-0.2, -0.15) is 0 Å². The van der Waals surface area contributed by atoms with Gasteiger partial charge in [0, 0.05) is 23.4 Å². The molecule has 0 spiro atoms. The van der Waals surface area contributed by atoms with Crippen molar-refractivity contribution in [1.82, 2.24) is 15.1 Å². The number of halogens is 1. The zero-order chi connectivity index (χ0) is 18.5. The summed E-state index contributed by atoms with van der Waals surface area (Å²) in [6, 6.07) is 7.89. The van der Waals surface area contributed by atoms with E-state index in [1.54, 1.807) is 11.8 Å². The number of piperidine rings is 1. The zero-order valence-electron chi connectivity index (χ0n) is 14.9. The number of carbonyl (C=O) groups is 1. The lowest BCUT2D eigenvalue weighted by atomic mass is 9.97. The van der Waals surface area contributed by atoms with Crippen molar-refractivity contribution in [2.24, 2.45) is 5.92 Å². The third-order valence-corrected chi connectivity index (χ3v) is 6.50. The lowest BCUT2D eigenvalue weighted by Gasteiger charge is -2.32. The van der Waals surface area contributed by atoms with Crippen LogP contribution in [0.1, 0.15) is 32.3 Å². The van der Waals surface area contributed by atoms with Crippen LogP contribution in [0.5, 0.6) is 0 Å². The summed E-state index contributed by atoms with van der Waals surface area (Å²) in [5.41, 5.74) is 1.11. The second-order valence-electron chi connectivity index (χ2n) is 6.69. The first-order valence-electron chi connectivity index (χ1n) is 8.78. The van der Waals surface area contributed by atoms with Crippen molar-refractivity contribution < 1.29 is 4.79 Å². The normalized spacial score (nSPS) is 18.2. The Kier molecular flexibility index (Phi) is 6.92. The van der Waals surface area contributed by atoms with Gasteiger partial charge in [0.2, 0.25) is 11.0 Å². The van der Waals surface area contributed by atoms with Gasteiger partial charge in [-0.15, -0.1) is 10.2 Å². The molecule has 2 heterocycles. The summed E-state index contributed by atoms with van der Waals surface area (Å²) in [7, 11) is 0. The molecule has 1 N–H and O–H groups in total. The summed E-state index contributed by atoms with van der Waals surface area (Å²) in [6.07, 6.45) is 1.91. The Labute approximate surface area is 167 Å². The lowest BCUT2D eigenvalue weighted by molar-refractivity contribution is -0.121. The molecular weight excluding hydrogens is 388 g/mol. The topological polar surface area (TPSA) is 58.1 Å². The van der Waals surface area contributed by atoms with E-state index in [4.69, 9.17) is 11.6 Å². The van der Waals surface area contributed by atoms with Crippen LogP contribution in [0.25, 0.3) is 0 Å². The highest BCUT2D eigenvalue weighted by Crippen LogP contribution is 2.29. The van der Waals surface area contributed by atoms with E-state index in [0.29, 0.717) is 10.4 Å². The SMILES string of the molecule is CC(C)Sc1nnc(NC(=O)C2CCCN(Cc3ccccc3Cl)C2)s1.